The normalized spacial score (nSPS) is 20.7. The molecule has 0 unspecified atom stereocenters. The van der Waals surface area contributed by atoms with Crippen molar-refractivity contribution in [1.29, 1.82) is 0 Å². The van der Waals surface area contributed by atoms with E-state index in [2.05, 4.69) is 17.1 Å². The summed E-state index contributed by atoms with van der Waals surface area (Å²) in [7, 11) is 3.40. The Morgan fingerprint density at radius 3 is 2.50 bits per heavy atom. The summed E-state index contributed by atoms with van der Waals surface area (Å²) in [6.45, 7) is 5.52. The first-order valence-corrected chi connectivity index (χ1v) is 6.14. The van der Waals surface area contributed by atoms with E-state index in [4.69, 9.17) is 4.74 Å². The zero-order valence-electron chi connectivity index (χ0n) is 10.7. The minimum Gasteiger partial charge on any atom is -0.469 e. The largest absolute Gasteiger partial charge is 0.469 e. The van der Waals surface area contributed by atoms with Crippen molar-refractivity contribution in [2.45, 2.75) is 38.1 Å². The van der Waals surface area contributed by atoms with E-state index in [1.54, 1.807) is 0 Å². The maximum atomic E-state index is 11.4. The molecule has 1 aliphatic heterocycles. The topological polar surface area (TPSA) is 41.6 Å². The van der Waals surface area contributed by atoms with E-state index in [-0.39, 0.29) is 11.5 Å². The van der Waals surface area contributed by atoms with E-state index in [0.717, 1.165) is 32.5 Å². The van der Waals surface area contributed by atoms with Gasteiger partial charge in [-0.1, -0.05) is 6.92 Å². The van der Waals surface area contributed by atoms with Crippen LogP contribution < -0.4 is 5.32 Å². The van der Waals surface area contributed by atoms with Crippen LogP contribution in [-0.2, 0) is 9.53 Å². The molecule has 4 heteroatoms. The third-order valence-corrected chi connectivity index (χ3v) is 3.59. The Balaban J connectivity index is 2.47. The number of piperidine rings is 1. The fraction of sp³-hybridized carbons (Fsp3) is 0.917. The number of nitrogens with one attached hydrogen (secondary N) is 1. The molecule has 0 atom stereocenters. The molecular formula is C12H24N2O2. The Bertz CT molecular complexity index is 223. The average molecular weight is 228 g/mol. The van der Waals surface area contributed by atoms with Crippen LogP contribution in [0.4, 0.5) is 0 Å². The van der Waals surface area contributed by atoms with Gasteiger partial charge in [0.05, 0.1) is 13.5 Å². The lowest BCUT2D eigenvalue weighted by Gasteiger charge is -2.41. The lowest BCUT2D eigenvalue weighted by molar-refractivity contribution is -0.142. The molecule has 0 amide bonds. The summed E-state index contributed by atoms with van der Waals surface area (Å²) >= 11 is 0. The Morgan fingerprint density at radius 1 is 1.44 bits per heavy atom. The van der Waals surface area contributed by atoms with Crippen LogP contribution in [-0.4, -0.2) is 50.2 Å². The molecule has 1 heterocycles. The monoisotopic (exact) mass is 228 g/mol. The van der Waals surface area contributed by atoms with Crippen LogP contribution in [0.25, 0.3) is 0 Å². The molecular weight excluding hydrogens is 204 g/mol. The van der Waals surface area contributed by atoms with Crippen LogP contribution in [0.15, 0.2) is 0 Å². The zero-order chi connectivity index (χ0) is 12.0. The molecule has 0 aromatic rings. The quantitative estimate of drug-likeness (QED) is 0.713. The number of esters is 1. The number of nitrogens with zero attached hydrogens (tertiary/aromatic N) is 1. The van der Waals surface area contributed by atoms with Gasteiger partial charge in [-0.25, -0.2) is 0 Å². The molecule has 1 aliphatic rings. The van der Waals surface area contributed by atoms with Crippen molar-refractivity contribution in [3.8, 4) is 0 Å². The zero-order valence-corrected chi connectivity index (χ0v) is 10.7. The first kappa shape index (κ1) is 13.5. The highest BCUT2D eigenvalue weighted by Gasteiger charge is 2.35. The van der Waals surface area contributed by atoms with E-state index in [9.17, 15) is 4.79 Å². The van der Waals surface area contributed by atoms with Crippen LogP contribution >= 0.6 is 0 Å². The van der Waals surface area contributed by atoms with Crippen molar-refractivity contribution >= 4 is 5.97 Å². The van der Waals surface area contributed by atoms with Gasteiger partial charge >= 0.3 is 5.97 Å². The Labute approximate surface area is 98.3 Å². The number of ether oxygens (including phenoxy) is 1. The van der Waals surface area contributed by atoms with Crippen molar-refractivity contribution in [2.75, 3.05) is 33.8 Å². The minimum absolute atomic E-state index is 0.0443. The summed E-state index contributed by atoms with van der Waals surface area (Å²) in [5, 5.41) is 3.32. The van der Waals surface area contributed by atoms with Gasteiger partial charge in [0, 0.05) is 5.54 Å². The lowest BCUT2D eigenvalue weighted by Crippen LogP contribution is -2.53. The van der Waals surface area contributed by atoms with Crippen molar-refractivity contribution in [3.63, 3.8) is 0 Å². The number of hydrogen-bond donors (Lipinski definition) is 1. The lowest BCUT2D eigenvalue weighted by atomic mass is 9.84. The standard InChI is InChI=1S/C12H24N2O2/c1-4-7-14-8-5-12(13-2,6-9-14)10-11(15)16-3/h13H,4-10H2,1-3H3. The molecule has 0 saturated carbocycles. The van der Waals surface area contributed by atoms with Gasteiger partial charge in [0.2, 0.25) is 0 Å². The fourth-order valence-corrected chi connectivity index (χ4v) is 2.38. The summed E-state index contributed by atoms with van der Waals surface area (Å²) in [5.41, 5.74) is -0.0443. The van der Waals surface area contributed by atoms with Gasteiger partial charge in [0.15, 0.2) is 0 Å². The molecule has 0 aromatic heterocycles. The van der Waals surface area contributed by atoms with E-state index in [1.165, 1.54) is 13.5 Å². The van der Waals surface area contributed by atoms with E-state index in [0.29, 0.717) is 6.42 Å². The molecule has 0 bridgehead atoms. The van der Waals surface area contributed by atoms with Gasteiger partial charge < -0.3 is 15.0 Å². The second-order valence-corrected chi connectivity index (χ2v) is 4.62. The van der Waals surface area contributed by atoms with E-state index >= 15 is 0 Å². The molecule has 0 spiro atoms. The van der Waals surface area contributed by atoms with Crippen molar-refractivity contribution in [3.05, 3.63) is 0 Å². The maximum Gasteiger partial charge on any atom is 0.307 e. The van der Waals surface area contributed by atoms with Crippen molar-refractivity contribution < 1.29 is 9.53 Å². The predicted octanol–water partition coefficient (Wildman–Crippen LogP) is 1.01. The second kappa shape index (κ2) is 6.21. The van der Waals surface area contributed by atoms with Gasteiger partial charge in [-0.05, 0) is 45.9 Å². The number of likely N-dealkylation sites (tertiary alicyclic amines) is 1. The van der Waals surface area contributed by atoms with E-state index < -0.39 is 0 Å². The van der Waals surface area contributed by atoms with Gasteiger partial charge in [-0.2, -0.15) is 0 Å². The Morgan fingerprint density at radius 2 is 2.06 bits per heavy atom. The summed E-state index contributed by atoms with van der Waals surface area (Å²) in [5.74, 6) is -0.113. The van der Waals surface area contributed by atoms with Crippen LogP contribution in [0.1, 0.15) is 32.6 Å². The molecule has 0 aromatic carbocycles. The summed E-state index contributed by atoms with van der Waals surface area (Å²) in [4.78, 5) is 13.8. The summed E-state index contributed by atoms with van der Waals surface area (Å²) < 4.78 is 4.76. The second-order valence-electron chi connectivity index (χ2n) is 4.62. The molecule has 1 fully saturated rings. The molecule has 0 radical (unpaired) electrons. The van der Waals surface area contributed by atoms with E-state index in [1.807, 2.05) is 7.05 Å². The summed E-state index contributed by atoms with van der Waals surface area (Å²) in [6.07, 6.45) is 3.74. The fourth-order valence-electron chi connectivity index (χ4n) is 2.38. The Hall–Kier alpha value is -0.610. The number of carbonyl (C=O) groups excluding carboxylic acids is 1. The highest BCUT2D eigenvalue weighted by atomic mass is 16.5. The molecule has 1 rings (SSSR count). The van der Waals surface area contributed by atoms with Crippen LogP contribution in [0.2, 0.25) is 0 Å². The molecule has 1 saturated heterocycles. The number of rotatable bonds is 5. The molecule has 4 nitrogen and oxygen atoms in total. The molecule has 94 valence electrons. The number of hydrogen-bond acceptors (Lipinski definition) is 4. The minimum atomic E-state index is -0.113. The Kier molecular flexibility index (Phi) is 5.22. The summed E-state index contributed by atoms with van der Waals surface area (Å²) in [6, 6.07) is 0. The van der Waals surface area contributed by atoms with Crippen LogP contribution in [0.5, 0.6) is 0 Å². The van der Waals surface area contributed by atoms with Crippen molar-refractivity contribution in [2.24, 2.45) is 0 Å². The SMILES string of the molecule is CCCN1CCC(CC(=O)OC)(NC)CC1. The molecule has 0 aliphatic carbocycles. The van der Waals surface area contributed by atoms with Crippen LogP contribution in [0.3, 0.4) is 0 Å². The maximum absolute atomic E-state index is 11.4. The predicted molar refractivity (Wildman–Crippen MR) is 64.4 cm³/mol. The van der Waals surface area contributed by atoms with Crippen LogP contribution in [0, 0.1) is 0 Å². The van der Waals surface area contributed by atoms with Gasteiger partial charge in [-0.3, -0.25) is 4.79 Å². The number of methoxy groups -OCH3 is 1. The average Bonchev–Trinajstić information content (AvgIpc) is 2.32. The first-order chi connectivity index (χ1) is 7.65. The third-order valence-electron chi connectivity index (χ3n) is 3.59. The van der Waals surface area contributed by atoms with Gasteiger partial charge in [-0.15, -0.1) is 0 Å². The number of carbonyl (C=O) groups is 1. The highest BCUT2D eigenvalue weighted by Crippen LogP contribution is 2.25. The third kappa shape index (κ3) is 3.46. The molecule has 16 heavy (non-hydrogen) atoms. The highest BCUT2D eigenvalue weighted by molar-refractivity contribution is 5.70. The van der Waals surface area contributed by atoms with Gasteiger partial charge in [0.1, 0.15) is 0 Å². The first-order valence-electron chi connectivity index (χ1n) is 6.14. The van der Waals surface area contributed by atoms with Crippen molar-refractivity contribution in [1.82, 2.24) is 10.2 Å². The van der Waals surface area contributed by atoms with Gasteiger partial charge in [0.25, 0.3) is 0 Å². The molecule has 1 N–H and O–H groups in total. The smallest absolute Gasteiger partial charge is 0.307 e.